The van der Waals surface area contributed by atoms with Crippen molar-refractivity contribution in [2.24, 2.45) is 0 Å². The van der Waals surface area contributed by atoms with E-state index in [9.17, 15) is 9.59 Å². The highest BCUT2D eigenvalue weighted by Gasteiger charge is 2.20. The third-order valence-corrected chi connectivity index (χ3v) is 4.35. The van der Waals surface area contributed by atoms with Gasteiger partial charge in [-0.3, -0.25) is 4.79 Å². The summed E-state index contributed by atoms with van der Waals surface area (Å²) >= 11 is 0. The maximum Gasteiger partial charge on any atom is 0.337 e. The van der Waals surface area contributed by atoms with Crippen LogP contribution in [0.5, 0.6) is 0 Å². The van der Waals surface area contributed by atoms with Gasteiger partial charge in [-0.1, -0.05) is 6.07 Å². The van der Waals surface area contributed by atoms with Gasteiger partial charge in [0, 0.05) is 43.6 Å². The molecule has 7 nitrogen and oxygen atoms in total. The number of piperazine rings is 1. The number of carbonyl (C=O) groups is 2. The lowest BCUT2D eigenvalue weighted by atomic mass is 10.2. The fourth-order valence-corrected chi connectivity index (χ4v) is 2.81. The molecular weight excluding hydrogens is 332 g/mol. The first-order chi connectivity index (χ1) is 12.6. The smallest absolute Gasteiger partial charge is 0.337 e. The lowest BCUT2D eigenvalue weighted by molar-refractivity contribution is 0.0600. The number of anilines is 2. The SMILES string of the molecule is COC(=O)c1cccc(Nc2cc(C(=O)N3CCN(C)CC3)ccn2)c1. The molecule has 1 aliphatic heterocycles. The molecule has 0 radical (unpaired) electrons. The van der Waals surface area contributed by atoms with Crippen LogP contribution in [0.2, 0.25) is 0 Å². The monoisotopic (exact) mass is 354 g/mol. The Morgan fingerprint density at radius 3 is 2.58 bits per heavy atom. The van der Waals surface area contributed by atoms with Crippen molar-refractivity contribution in [2.75, 3.05) is 45.7 Å². The third-order valence-electron chi connectivity index (χ3n) is 4.35. The first-order valence-corrected chi connectivity index (χ1v) is 8.46. The number of rotatable bonds is 4. The molecule has 1 saturated heterocycles. The van der Waals surface area contributed by atoms with E-state index in [2.05, 4.69) is 22.2 Å². The van der Waals surface area contributed by atoms with E-state index in [1.807, 2.05) is 11.0 Å². The molecule has 0 spiro atoms. The first-order valence-electron chi connectivity index (χ1n) is 8.46. The van der Waals surface area contributed by atoms with Crippen LogP contribution in [-0.2, 0) is 4.74 Å². The van der Waals surface area contributed by atoms with E-state index < -0.39 is 5.97 Å². The number of esters is 1. The molecule has 7 heteroatoms. The highest BCUT2D eigenvalue weighted by molar-refractivity contribution is 5.95. The number of methoxy groups -OCH3 is 1. The molecule has 1 amide bonds. The topological polar surface area (TPSA) is 74.8 Å². The molecule has 26 heavy (non-hydrogen) atoms. The van der Waals surface area contributed by atoms with Crippen molar-refractivity contribution in [1.82, 2.24) is 14.8 Å². The van der Waals surface area contributed by atoms with Crippen LogP contribution in [-0.4, -0.2) is 67.0 Å². The average Bonchev–Trinajstić information content (AvgIpc) is 2.68. The largest absolute Gasteiger partial charge is 0.465 e. The predicted molar refractivity (Wildman–Crippen MR) is 98.7 cm³/mol. The van der Waals surface area contributed by atoms with Crippen molar-refractivity contribution in [3.63, 3.8) is 0 Å². The number of ether oxygens (including phenoxy) is 1. The van der Waals surface area contributed by atoms with Gasteiger partial charge in [0.05, 0.1) is 12.7 Å². The molecule has 0 saturated carbocycles. The van der Waals surface area contributed by atoms with Gasteiger partial charge in [0.2, 0.25) is 0 Å². The van der Waals surface area contributed by atoms with Crippen LogP contribution < -0.4 is 5.32 Å². The molecule has 1 aromatic heterocycles. The molecular formula is C19H22N4O3. The molecule has 0 unspecified atom stereocenters. The third kappa shape index (κ3) is 4.18. The second-order valence-corrected chi connectivity index (χ2v) is 6.22. The van der Waals surface area contributed by atoms with Gasteiger partial charge in [0.25, 0.3) is 5.91 Å². The maximum absolute atomic E-state index is 12.7. The Bertz CT molecular complexity index is 801. The molecule has 2 aromatic rings. The Morgan fingerprint density at radius 1 is 1.08 bits per heavy atom. The van der Waals surface area contributed by atoms with Crippen LogP contribution >= 0.6 is 0 Å². The maximum atomic E-state index is 12.7. The van der Waals surface area contributed by atoms with Gasteiger partial charge < -0.3 is 19.9 Å². The zero-order chi connectivity index (χ0) is 18.5. The lowest BCUT2D eigenvalue weighted by Gasteiger charge is -2.32. The fourth-order valence-electron chi connectivity index (χ4n) is 2.81. The van der Waals surface area contributed by atoms with Gasteiger partial charge >= 0.3 is 5.97 Å². The summed E-state index contributed by atoms with van der Waals surface area (Å²) in [5, 5.41) is 3.13. The Balaban J connectivity index is 1.73. The molecule has 1 aliphatic rings. The molecule has 2 heterocycles. The Hall–Kier alpha value is -2.93. The summed E-state index contributed by atoms with van der Waals surface area (Å²) in [5.74, 6) is 0.152. The zero-order valence-electron chi connectivity index (χ0n) is 14.9. The lowest BCUT2D eigenvalue weighted by Crippen LogP contribution is -2.47. The van der Waals surface area contributed by atoms with Gasteiger partial charge in [-0.2, -0.15) is 0 Å². The first kappa shape index (κ1) is 17.9. The molecule has 0 atom stereocenters. The normalized spacial score (nSPS) is 14.8. The highest BCUT2D eigenvalue weighted by Crippen LogP contribution is 2.18. The van der Waals surface area contributed by atoms with E-state index in [1.165, 1.54) is 7.11 Å². The van der Waals surface area contributed by atoms with Crippen LogP contribution in [0.1, 0.15) is 20.7 Å². The van der Waals surface area contributed by atoms with Gasteiger partial charge in [0.1, 0.15) is 5.82 Å². The van der Waals surface area contributed by atoms with Gasteiger partial charge in [-0.05, 0) is 37.4 Å². The summed E-state index contributed by atoms with van der Waals surface area (Å²) in [4.78, 5) is 32.7. The standard InChI is InChI=1S/C19H22N4O3/c1-22-8-10-23(11-9-22)18(24)14-6-7-20-17(13-14)21-16-5-3-4-15(12-16)19(25)26-2/h3-7,12-13H,8-11H2,1-2H3,(H,20,21). The zero-order valence-corrected chi connectivity index (χ0v) is 14.9. The van der Waals surface area contributed by atoms with Crippen LogP contribution in [0.4, 0.5) is 11.5 Å². The highest BCUT2D eigenvalue weighted by atomic mass is 16.5. The number of benzene rings is 1. The number of hydrogen-bond acceptors (Lipinski definition) is 6. The summed E-state index contributed by atoms with van der Waals surface area (Å²) in [6.07, 6.45) is 1.61. The molecule has 1 N–H and O–H groups in total. The number of pyridine rings is 1. The summed E-state index contributed by atoms with van der Waals surface area (Å²) in [6.45, 7) is 3.20. The van der Waals surface area contributed by atoms with E-state index in [0.717, 1.165) is 26.2 Å². The van der Waals surface area contributed by atoms with E-state index in [0.29, 0.717) is 22.6 Å². The number of aromatic nitrogens is 1. The van der Waals surface area contributed by atoms with E-state index >= 15 is 0 Å². The van der Waals surface area contributed by atoms with Gasteiger partial charge in [-0.15, -0.1) is 0 Å². The number of nitrogens with zero attached hydrogens (tertiary/aromatic N) is 3. The molecule has 3 rings (SSSR count). The molecule has 0 aliphatic carbocycles. The van der Waals surface area contributed by atoms with E-state index in [4.69, 9.17) is 4.74 Å². The summed E-state index contributed by atoms with van der Waals surface area (Å²) in [6, 6.07) is 10.4. The summed E-state index contributed by atoms with van der Waals surface area (Å²) in [5.41, 5.74) is 1.74. The minimum atomic E-state index is -0.402. The van der Waals surface area contributed by atoms with Crippen molar-refractivity contribution < 1.29 is 14.3 Å². The van der Waals surface area contributed by atoms with Crippen LogP contribution in [0.15, 0.2) is 42.6 Å². The number of carbonyl (C=O) groups excluding carboxylic acids is 2. The van der Waals surface area contributed by atoms with E-state index in [-0.39, 0.29) is 5.91 Å². The van der Waals surface area contributed by atoms with Crippen molar-refractivity contribution in [1.29, 1.82) is 0 Å². The molecule has 1 fully saturated rings. The number of nitrogens with one attached hydrogen (secondary N) is 1. The predicted octanol–water partition coefficient (Wildman–Crippen LogP) is 2.00. The minimum absolute atomic E-state index is 0.00635. The van der Waals surface area contributed by atoms with Crippen molar-refractivity contribution in [3.8, 4) is 0 Å². The van der Waals surface area contributed by atoms with Crippen molar-refractivity contribution in [3.05, 3.63) is 53.7 Å². The van der Waals surface area contributed by atoms with Gasteiger partial charge in [-0.25, -0.2) is 9.78 Å². The average molecular weight is 354 g/mol. The number of hydrogen-bond donors (Lipinski definition) is 1. The molecule has 136 valence electrons. The molecule has 0 bridgehead atoms. The second-order valence-electron chi connectivity index (χ2n) is 6.22. The summed E-state index contributed by atoms with van der Waals surface area (Å²) in [7, 11) is 3.40. The Morgan fingerprint density at radius 2 is 1.85 bits per heavy atom. The van der Waals surface area contributed by atoms with Crippen LogP contribution in [0.3, 0.4) is 0 Å². The Labute approximate surface area is 152 Å². The van der Waals surface area contributed by atoms with Crippen molar-refractivity contribution in [2.45, 2.75) is 0 Å². The Kier molecular flexibility index (Phi) is 5.48. The number of amides is 1. The minimum Gasteiger partial charge on any atom is -0.465 e. The fraction of sp³-hybridized carbons (Fsp3) is 0.316. The summed E-state index contributed by atoms with van der Waals surface area (Å²) < 4.78 is 4.73. The quantitative estimate of drug-likeness (QED) is 0.847. The molecule has 1 aromatic carbocycles. The van der Waals surface area contributed by atoms with E-state index in [1.54, 1.807) is 36.5 Å². The van der Waals surface area contributed by atoms with Crippen LogP contribution in [0, 0.1) is 0 Å². The second kappa shape index (κ2) is 7.97. The number of likely N-dealkylation sites (N-methyl/N-ethyl adjacent to an activating group) is 1. The van der Waals surface area contributed by atoms with Crippen molar-refractivity contribution >= 4 is 23.4 Å². The van der Waals surface area contributed by atoms with Crippen LogP contribution in [0.25, 0.3) is 0 Å². The van der Waals surface area contributed by atoms with Gasteiger partial charge in [0.15, 0.2) is 0 Å².